The first kappa shape index (κ1) is 20.5. The third kappa shape index (κ3) is 4.56. The van der Waals surface area contributed by atoms with Gasteiger partial charge >= 0.3 is 0 Å². The molecule has 0 saturated heterocycles. The van der Waals surface area contributed by atoms with Gasteiger partial charge in [0.05, 0.1) is 36.0 Å². The molecule has 0 fully saturated rings. The van der Waals surface area contributed by atoms with Gasteiger partial charge in [-0.3, -0.25) is 4.79 Å². The molecule has 0 atom stereocenters. The molecular weight excluding hydrogens is 423 g/mol. The highest BCUT2D eigenvalue weighted by Gasteiger charge is 2.12. The predicted octanol–water partition coefficient (Wildman–Crippen LogP) is 3.88. The smallest absolute Gasteiger partial charge is 0.246 e. The fourth-order valence-corrected chi connectivity index (χ4v) is 3.21. The number of methoxy groups -OCH3 is 1. The van der Waals surface area contributed by atoms with Crippen LogP contribution in [0.3, 0.4) is 0 Å². The Bertz CT molecular complexity index is 1250. The molecule has 2 heterocycles. The van der Waals surface area contributed by atoms with Crippen LogP contribution in [0.15, 0.2) is 55.1 Å². The molecule has 0 radical (unpaired) electrons. The number of nitrogens with one attached hydrogen (secondary N) is 1. The van der Waals surface area contributed by atoms with Crippen molar-refractivity contribution in [3.63, 3.8) is 0 Å². The van der Waals surface area contributed by atoms with E-state index in [1.165, 1.54) is 22.9 Å². The summed E-state index contributed by atoms with van der Waals surface area (Å²) in [7, 11) is 1.59. The quantitative estimate of drug-likeness (QED) is 0.491. The number of imidazole rings is 1. The van der Waals surface area contributed by atoms with Crippen LogP contribution in [0, 0.1) is 12.7 Å². The van der Waals surface area contributed by atoms with Gasteiger partial charge in [0.2, 0.25) is 5.91 Å². The molecule has 0 unspecified atom stereocenters. The van der Waals surface area contributed by atoms with E-state index in [-0.39, 0.29) is 17.5 Å². The van der Waals surface area contributed by atoms with Crippen LogP contribution in [0.25, 0.3) is 16.9 Å². The number of halogens is 2. The average Bonchev–Trinajstić information content (AvgIpc) is 3.39. The van der Waals surface area contributed by atoms with Gasteiger partial charge < -0.3 is 14.6 Å². The van der Waals surface area contributed by atoms with Gasteiger partial charge in [0, 0.05) is 17.4 Å². The molecule has 31 heavy (non-hydrogen) atoms. The largest absolute Gasteiger partial charge is 0.495 e. The zero-order chi connectivity index (χ0) is 22.0. The van der Waals surface area contributed by atoms with Gasteiger partial charge in [-0.1, -0.05) is 22.9 Å². The van der Waals surface area contributed by atoms with Crippen molar-refractivity contribution >= 4 is 23.2 Å². The molecule has 0 aliphatic heterocycles. The Balaban J connectivity index is 1.49. The van der Waals surface area contributed by atoms with Crippen LogP contribution in [0.1, 0.15) is 5.69 Å². The Kier molecular flexibility index (Phi) is 5.68. The van der Waals surface area contributed by atoms with E-state index in [4.69, 9.17) is 16.3 Å². The maximum atomic E-state index is 13.2. The number of ether oxygens (including phenoxy) is 1. The first-order valence-electron chi connectivity index (χ1n) is 9.27. The second-order valence-corrected chi connectivity index (χ2v) is 7.19. The minimum Gasteiger partial charge on any atom is -0.495 e. The summed E-state index contributed by atoms with van der Waals surface area (Å²) in [5, 5.41) is 10.7. The van der Waals surface area contributed by atoms with E-state index in [1.54, 1.807) is 19.6 Å². The normalized spacial score (nSPS) is 10.8. The molecule has 0 aliphatic carbocycles. The lowest BCUT2D eigenvalue weighted by molar-refractivity contribution is -0.116. The van der Waals surface area contributed by atoms with Crippen molar-refractivity contribution in [2.75, 3.05) is 12.4 Å². The highest BCUT2D eigenvalue weighted by atomic mass is 35.5. The van der Waals surface area contributed by atoms with Gasteiger partial charge in [0.1, 0.15) is 23.8 Å². The van der Waals surface area contributed by atoms with Crippen LogP contribution in [0.5, 0.6) is 5.75 Å². The molecule has 4 aromatic rings. The van der Waals surface area contributed by atoms with Crippen LogP contribution in [-0.2, 0) is 11.3 Å². The third-order valence-electron chi connectivity index (χ3n) is 4.51. The Morgan fingerprint density at radius 2 is 2.06 bits per heavy atom. The Morgan fingerprint density at radius 1 is 1.23 bits per heavy atom. The first-order chi connectivity index (χ1) is 14.9. The summed E-state index contributed by atoms with van der Waals surface area (Å²) in [4.78, 5) is 16.5. The lowest BCUT2D eigenvalue weighted by Crippen LogP contribution is -2.19. The molecule has 0 aliphatic rings. The van der Waals surface area contributed by atoms with Crippen molar-refractivity contribution in [1.29, 1.82) is 0 Å². The molecule has 0 spiro atoms. The minimum atomic E-state index is -0.551. The fourth-order valence-electron chi connectivity index (χ4n) is 3.03. The molecular formula is C21H18ClFN6O2. The SMILES string of the molecule is COc1cc(-c2cn(CC(=O)Nc3ccc(F)c(Cl)c3)nn2)ccc1-n1cnc(C)c1. The highest BCUT2D eigenvalue weighted by molar-refractivity contribution is 6.31. The van der Waals surface area contributed by atoms with E-state index in [0.717, 1.165) is 16.9 Å². The van der Waals surface area contributed by atoms with Crippen LogP contribution < -0.4 is 10.1 Å². The topological polar surface area (TPSA) is 86.9 Å². The standard InChI is InChI=1S/C21H18ClFN6O2/c1-13-9-28(12-24-13)19-6-3-14(7-20(19)31-2)18-10-29(27-26-18)11-21(30)25-15-4-5-17(23)16(22)8-15/h3-10,12H,11H2,1-2H3,(H,25,30). The fraction of sp³-hybridized carbons (Fsp3) is 0.143. The van der Waals surface area contributed by atoms with Crippen molar-refractivity contribution in [3.8, 4) is 22.7 Å². The lowest BCUT2D eigenvalue weighted by Gasteiger charge is -2.10. The molecule has 158 valence electrons. The van der Waals surface area contributed by atoms with Gasteiger partial charge in [-0.2, -0.15) is 0 Å². The van der Waals surface area contributed by atoms with Crippen LogP contribution in [0.2, 0.25) is 5.02 Å². The van der Waals surface area contributed by atoms with Crippen molar-refractivity contribution in [3.05, 3.63) is 71.7 Å². The molecule has 2 aromatic heterocycles. The van der Waals surface area contributed by atoms with E-state index in [1.807, 2.05) is 35.9 Å². The molecule has 1 N–H and O–H groups in total. The van der Waals surface area contributed by atoms with E-state index in [2.05, 4.69) is 20.6 Å². The van der Waals surface area contributed by atoms with Crippen molar-refractivity contribution in [2.24, 2.45) is 0 Å². The van der Waals surface area contributed by atoms with Crippen LogP contribution >= 0.6 is 11.6 Å². The van der Waals surface area contributed by atoms with Gasteiger partial charge in [0.25, 0.3) is 0 Å². The Hall–Kier alpha value is -3.72. The zero-order valence-electron chi connectivity index (χ0n) is 16.7. The number of carbonyl (C=O) groups is 1. The van der Waals surface area contributed by atoms with E-state index < -0.39 is 5.82 Å². The van der Waals surface area contributed by atoms with E-state index in [0.29, 0.717) is 17.1 Å². The van der Waals surface area contributed by atoms with Crippen molar-refractivity contribution < 1.29 is 13.9 Å². The van der Waals surface area contributed by atoms with Crippen molar-refractivity contribution in [2.45, 2.75) is 13.5 Å². The van der Waals surface area contributed by atoms with Crippen LogP contribution in [0.4, 0.5) is 10.1 Å². The number of rotatable bonds is 6. The Labute approximate surface area is 182 Å². The zero-order valence-corrected chi connectivity index (χ0v) is 17.5. The summed E-state index contributed by atoms with van der Waals surface area (Å²) in [6, 6.07) is 9.60. The number of nitrogens with zero attached hydrogens (tertiary/aromatic N) is 5. The first-order valence-corrected chi connectivity index (χ1v) is 9.65. The third-order valence-corrected chi connectivity index (χ3v) is 4.80. The number of hydrogen-bond donors (Lipinski definition) is 1. The van der Waals surface area contributed by atoms with Gasteiger partial charge in [-0.05, 0) is 37.3 Å². The van der Waals surface area contributed by atoms with E-state index >= 15 is 0 Å². The Morgan fingerprint density at radius 3 is 2.77 bits per heavy atom. The summed E-state index contributed by atoms with van der Waals surface area (Å²) in [6.45, 7) is 1.85. The second kappa shape index (κ2) is 8.57. The maximum absolute atomic E-state index is 13.2. The number of benzene rings is 2. The summed E-state index contributed by atoms with van der Waals surface area (Å²) < 4.78 is 22.1. The summed E-state index contributed by atoms with van der Waals surface area (Å²) in [5.74, 6) is -0.247. The molecule has 0 saturated carbocycles. The highest BCUT2D eigenvalue weighted by Crippen LogP contribution is 2.29. The summed E-state index contributed by atoms with van der Waals surface area (Å²) in [6.07, 6.45) is 5.28. The van der Waals surface area contributed by atoms with Gasteiger partial charge in [-0.25, -0.2) is 14.1 Å². The number of aryl methyl sites for hydroxylation is 1. The van der Waals surface area contributed by atoms with Crippen molar-refractivity contribution in [1.82, 2.24) is 24.5 Å². The number of amides is 1. The molecule has 4 rings (SSSR count). The molecule has 10 heteroatoms. The van der Waals surface area contributed by atoms with Crippen LogP contribution in [-0.4, -0.2) is 37.6 Å². The number of anilines is 1. The summed E-state index contributed by atoms with van der Waals surface area (Å²) >= 11 is 5.74. The minimum absolute atomic E-state index is 0.0640. The van der Waals surface area contributed by atoms with Gasteiger partial charge in [-0.15, -0.1) is 5.10 Å². The second-order valence-electron chi connectivity index (χ2n) is 6.79. The predicted molar refractivity (Wildman–Crippen MR) is 114 cm³/mol. The summed E-state index contributed by atoms with van der Waals surface area (Å²) in [5.41, 5.74) is 3.51. The van der Waals surface area contributed by atoms with Gasteiger partial charge in [0.15, 0.2) is 0 Å². The number of hydrogen-bond acceptors (Lipinski definition) is 5. The molecule has 2 aromatic carbocycles. The number of aromatic nitrogens is 5. The average molecular weight is 441 g/mol. The molecule has 0 bridgehead atoms. The van der Waals surface area contributed by atoms with E-state index in [9.17, 15) is 9.18 Å². The molecule has 1 amide bonds. The lowest BCUT2D eigenvalue weighted by atomic mass is 10.1. The number of carbonyl (C=O) groups excluding carboxylic acids is 1. The monoisotopic (exact) mass is 440 g/mol. The molecule has 8 nitrogen and oxygen atoms in total. The maximum Gasteiger partial charge on any atom is 0.246 e.